The fourth-order valence-electron chi connectivity index (χ4n) is 2.94. The number of rotatable bonds is 12. The van der Waals surface area contributed by atoms with Crippen LogP contribution in [0, 0.1) is 0 Å². The second-order valence-electron chi connectivity index (χ2n) is 6.70. The predicted octanol–water partition coefficient (Wildman–Crippen LogP) is 1.91. The number of nitrogens with one attached hydrogen (secondary N) is 2. The summed E-state index contributed by atoms with van der Waals surface area (Å²) in [5.41, 5.74) is 1.33. The number of benzene rings is 1. The molecule has 1 heterocycles. The highest BCUT2D eigenvalue weighted by Crippen LogP contribution is 2.00. The van der Waals surface area contributed by atoms with Crippen molar-refractivity contribution in [2.24, 2.45) is 4.99 Å². The molecular formula is C21H36N4O2. The molecule has 0 radical (unpaired) electrons. The van der Waals surface area contributed by atoms with Gasteiger partial charge in [-0.15, -0.1) is 0 Å². The molecule has 0 aliphatic carbocycles. The van der Waals surface area contributed by atoms with Crippen molar-refractivity contribution in [2.45, 2.75) is 26.2 Å². The summed E-state index contributed by atoms with van der Waals surface area (Å²) in [5.74, 6) is 0.913. The van der Waals surface area contributed by atoms with E-state index in [1.165, 1.54) is 5.56 Å². The first-order valence-electron chi connectivity index (χ1n) is 10.3. The van der Waals surface area contributed by atoms with Crippen LogP contribution in [0.1, 0.15) is 25.3 Å². The van der Waals surface area contributed by atoms with Crippen molar-refractivity contribution in [3.05, 3.63) is 35.9 Å². The second kappa shape index (κ2) is 14.4. The molecular weight excluding hydrogens is 340 g/mol. The lowest BCUT2D eigenvalue weighted by Gasteiger charge is -2.26. The van der Waals surface area contributed by atoms with Gasteiger partial charge in [0, 0.05) is 45.9 Å². The Morgan fingerprint density at radius 1 is 1.11 bits per heavy atom. The van der Waals surface area contributed by atoms with Gasteiger partial charge in [0.05, 0.1) is 19.8 Å². The molecule has 0 spiro atoms. The van der Waals surface area contributed by atoms with Crippen LogP contribution < -0.4 is 10.6 Å². The zero-order chi connectivity index (χ0) is 19.0. The minimum absolute atomic E-state index is 0.791. The highest BCUT2D eigenvalue weighted by atomic mass is 16.5. The predicted molar refractivity (Wildman–Crippen MR) is 111 cm³/mol. The maximum atomic E-state index is 5.73. The Bertz CT molecular complexity index is 504. The van der Waals surface area contributed by atoms with E-state index in [4.69, 9.17) is 9.47 Å². The van der Waals surface area contributed by atoms with Crippen molar-refractivity contribution in [2.75, 3.05) is 65.7 Å². The lowest BCUT2D eigenvalue weighted by atomic mass is 10.2. The lowest BCUT2D eigenvalue weighted by molar-refractivity contribution is 0.0389. The van der Waals surface area contributed by atoms with Crippen LogP contribution in [-0.4, -0.2) is 76.6 Å². The van der Waals surface area contributed by atoms with E-state index >= 15 is 0 Å². The Labute approximate surface area is 164 Å². The first-order chi connectivity index (χ1) is 13.4. The van der Waals surface area contributed by atoms with Crippen LogP contribution >= 0.6 is 0 Å². The molecule has 1 aromatic carbocycles. The summed E-state index contributed by atoms with van der Waals surface area (Å²) in [6, 6.07) is 10.5. The highest BCUT2D eigenvalue weighted by molar-refractivity contribution is 5.79. The van der Waals surface area contributed by atoms with E-state index in [2.05, 4.69) is 51.7 Å². The summed E-state index contributed by atoms with van der Waals surface area (Å²) in [6.07, 6.45) is 3.08. The monoisotopic (exact) mass is 376 g/mol. The maximum Gasteiger partial charge on any atom is 0.191 e. The van der Waals surface area contributed by atoms with E-state index < -0.39 is 0 Å². The summed E-state index contributed by atoms with van der Waals surface area (Å²) in [7, 11) is 0. The standard InChI is InChI=1S/C21H36N4O2/c1-2-22-21(24-12-13-25-14-18-27-19-15-25)23-11-6-7-16-26-17-10-20-8-4-3-5-9-20/h3-5,8-9H,2,6-7,10-19H2,1H3,(H2,22,23,24). The Kier molecular flexibility index (Phi) is 11.6. The minimum atomic E-state index is 0.791. The molecule has 152 valence electrons. The van der Waals surface area contributed by atoms with Crippen molar-refractivity contribution in [3.8, 4) is 0 Å². The zero-order valence-corrected chi connectivity index (χ0v) is 16.8. The number of ether oxygens (including phenoxy) is 2. The summed E-state index contributed by atoms with van der Waals surface area (Å²) >= 11 is 0. The molecule has 1 saturated heterocycles. The Balaban J connectivity index is 1.49. The molecule has 1 aliphatic heterocycles. The van der Waals surface area contributed by atoms with E-state index in [0.717, 1.165) is 90.9 Å². The number of hydrogen-bond acceptors (Lipinski definition) is 4. The lowest BCUT2D eigenvalue weighted by Crippen LogP contribution is -2.44. The Hall–Kier alpha value is -1.63. The van der Waals surface area contributed by atoms with Crippen LogP contribution in [0.5, 0.6) is 0 Å². The van der Waals surface area contributed by atoms with Crippen LogP contribution in [0.3, 0.4) is 0 Å². The quantitative estimate of drug-likeness (QED) is 0.332. The Morgan fingerprint density at radius 2 is 1.93 bits per heavy atom. The smallest absolute Gasteiger partial charge is 0.191 e. The molecule has 2 rings (SSSR count). The van der Waals surface area contributed by atoms with E-state index in [1.807, 2.05) is 6.07 Å². The van der Waals surface area contributed by atoms with E-state index in [-0.39, 0.29) is 0 Å². The third-order valence-electron chi connectivity index (χ3n) is 4.51. The first kappa shape index (κ1) is 21.7. The second-order valence-corrected chi connectivity index (χ2v) is 6.70. The van der Waals surface area contributed by atoms with Gasteiger partial charge in [0.15, 0.2) is 5.96 Å². The average molecular weight is 377 g/mol. The van der Waals surface area contributed by atoms with Gasteiger partial charge in [-0.05, 0) is 31.7 Å². The topological polar surface area (TPSA) is 58.1 Å². The van der Waals surface area contributed by atoms with Crippen LogP contribution in [0.15, 0.2) is 35.3 Å². The molecule has 0 amide bonds. The summed E-state index contributed by atoms with van der Waals surface area (Å²) < 4.78 is 11.1. The number of hydrogen-bond donors (Lipinski definition) is 2. The van der Waals surface area contributed by atoms with Crippen molar-refractivity contribution in [1.82, 2.24) is 15.5 Å². The summed E-state index contributed by atoms with van der Waals surface area (Å²) in [5, 5.41) is 6.74. The van der Waals surface area contributed by atoms with E-state index in [0.29, 0.717) is 0 Å². The van der Waals surface area contributed by atoms with Gasteiger partial charge in [-0.25, -0.2) is 0 Å². The molecule has 27 heavy (non-hydrogen) atoms. The highest BCUT2D eigenvalue weighted by Gasteiger charge is 2.09. The Morgan fingerprint density at radius 3 is 2.70 bits per heavy atom. The van der Waals surface area contributed by atoms with Gasteiger partial charge in [0.1, 0.15) is 0 Å². The van der Waals surface area contributed by atoms with Gasteiger partial charge in [-0.3, -0.25) is 9.89 Å². The number of guanidine groups is 1. The van der Waals surface area contributed by atoms with Crippen molar-refractivity contribution in [3.63, 3.8) is 0 Å². The number of aliphatic imine (C=N–C) groups is 1. The fourth-order valence-corrected chi connectivity index (χ4v) is 2.94. The summed E-state index contributed by atoms with van der Waals surface area (Å²) in [4.78, 5) is 7.08. The van der Waals surface area contributed by atoms with Gasteiger partial charge >= 0.3 is 0 Å². The number of morpholine rings is 1. The molecule has 0 aromatic heterocycles. The van der Waals surface area contributed by atoms with E-state index in [9.17, 15) is 0 Å². The SMILES string of the molecule is CCNC(=NCCCCOCCc1ccccc1)NCCN1CCOCC1. The molecule has 0 bridgehead atoms. The largest absolute Gasteiger partial charge is 0.381 e. The van der Waals surface area contributed by atoms with Gasteiger partial charge in [-0.2, -0.15) is 0 Å². The fraction of sp³-hybridized carbons (Fsp3) is 0.667. The van der Waals surface area contributed by atoms with Gasteiger partial charge in [-0.1, -0.05) is 30.3 Å². The van der Waals surface area contributed by atoms with Crippen LogP contribution in [0.2, 0.25) is 0 Å². The van der Waals surface area contributed by atoms with Crippen molar-refractivity contribution in [1.29, 1.82) is 0 Å². The third-order valence-corrected chi connectivity index (χ3v) is 4.51. The van der Waals surface area contributed by atoms with Gasteiger partial charge < -0.3 is 20.1 Å². The van der Waals surface area contributed by atoms with Crippen LogP contribution in [-0.2, 0) is 15.9 Å². The van der Waals surface area contributed by atoms with Crippen LogP contribution in [0.25, 0.3) is 0 Å². The molecule has 2 N–H and O–H groups in total. The molecule has 0 saturated carbocycles. The molecule has 0 atom stereocenters. The summed E-state index contributed by atoms with van der Waals surface area (Å²) in [6.45, 7) is 11.1. The van der Waals surface area contributed by atoms with Gasteiger partial charge in [0.25, 0.3) is 0 Å². The molecule has 6 heteroatoms. The molecule has 1 aromatic rings. The molecule has 0 unspecified atom stereocenters. The third kappa shape index (κ3) is 10.3. The maximum absolute atomic E-state index is 5.73. The molecule has 1 aliphatic rings. The van der Waals surface area contributed by atoms with Gasteiger partial charge in [0.2, 0.25) is 0 Å². The van der Waals surface area contributed by atoms with Crippen molar-refractivity contribution >= 4 is 5.96 Å². The molecule has 6 nitrogen and oxygen atoms in total. The molecule has 1 fully saturated rings. The van der Waals surface area contributed by atoms with Crippen LogP contribution in [0.4, 0.5) is 0 Å². The first-order valence-corrected chi connectivity index (χ1v) is 10.3. The number of nitrogens with zero attached hydrogens (tertiary/aromatic N) is 2. The zero-order valence-electron chi connectivity index (χ0n) is 16.8. The average Bonchev–Trinajstić information content (AvgIpc) is 2.71. The normalized spacial score (nSPS) is 15.7. The van der Waals surface area contributed by atoms with E-state index in [1.54, 1.807) is 0 Å². The number of unbranched alkanes of at least 4 members (excludes halogenated alkanes) is 1. The minimum Gasteiger partial charge on any atom is -0.381 e. The van der Waals surface area contributed by atoms with Crippen molar-refractivity contribution < 1.29 is 9.47 Å².